The molecule has 0 radical (unpaired) electrons. The molecule has 2 aromatic heterocycles. The van der Waals surface area contributed by atoms with Crippen molar-refractivity contribution in [2.75, 3.05) is 6.54 Å². The van der Waals surface area contributed by atoms with Gasteiger partial charge in [-0.3, -0.25) is 4.79 Å². The van der Waals surface area contributed by atoms with Gasteiger partial charge in [0.05, 0.1) is 10.9 Å². The molecule has 0 atom stereocenters. The van der Waals surface area contributed by atoms with Gasteiger partial charge in [0.2, 0.25) is 0 Å². The van der Waals surface area contributed by atoms with E-state index >= 15 is 0 Å². The van der Waals surface area contributed by atoms with Gasteiger partial charge in [-0.1, -0.05) is 36.4 Å². The molecule has 0 aliphatic rings. The van der Waals surface area contributed by atoms with Crippen molar-refractivity contribution in [1.29, 1.82) is 0 Å². The number of hydrogen-bond acceptors (Lipinski definition) is 6. The third-order valence-electron chi connectivity index (χ3n) is 3.17. The summed E-state index contributed by atoms with van der Waals surface area (Å²) in [6.07, 6.45) is -0.486. The van der Waals surface area contributed by atoms with Crippen molar-refractivity contribution < 1.29 is 18.8 Å². The van der Waals surface area contributed by atoms with E-state index < -0.39 is 6.09 Å². The van der Waals surface area contributed by atoms with E-state index in [1.807, 2.05) is 23.6 Å². The molecule has 24 heavy (non-hydrogen) atoms. The van der Waals surface area contributed by atoms with E-state index in [0.717, 1.165) is 4.88 Å². The largest absolute Gasteiger partial charge is 0.414 e. The van der Waals surface area contributed by atoms with Crippen LogP contribution in [0.1, 0.15) is 16.8 Å². The molecule has 0 spiro atoms. The zero-order chi connectivity index (χ0) is 16.8. The van der Waals surface area contributed by atoms with Gasteiger partial charge in [-0.15, -0.1) is 11.3 Å². The molecule has 1 N–H and O–H groups in total. The van der Waals surface area contributed by atoms with Crippen LogP contribution in [-0.2, 0) is 0 Å². The lowest BCUT2D eigenvalue weighted by molar-refractivity contribution is 0.0983. The number of hydrogen-bond donors (Lipinski definition) is 1. The Bertz CT molecular complexity index is 812. The predicted octanol–water partition coefficient (Wildman–Crippen LogP) is 3.76. The van der Waals surface area contributed by atoms with Gasteiger partial charge in [0, 0.05) is 18.5 Å². The molecule has 0 bridgehead atoms. The first kappa shape index (κ1) is 15.9. The minimum Gasteiger partial charge on any atom is -0.388 e. The molecule has 6 nitrogen and oxygen atoms in total. The topological polar surface area (TPSA) is 81.4 Å². The molecule has 3 aromatic rings. The summed E-state index contributed by atoms with van der Waals surface area (Å²) in [7, 11) is 0. The fourth-order valence-corrected chi connectivity index (χ4v) is 2.69. The predicted molar refractivity (Wildman–Crippen MR) is 89.2 cm³/mol. The monoisotopic (exact) mass is 342 g/mol. The van der Waals surface area contributed by atoms with Crippen molar-refractivity contribution in [3.8, 4) is 16.5 Å². The Hall–Kier alpha value is -2.93. The minimum absolute atomic E-state index is 0.0442. The Morgan fingerprint density at radius 1 is 1.17 bits per heavy atom. The van der Waals surface area contributed by atoms with E-state index in [1.54, 1.807) is 30.3 Å². The van der Waals surface area contributed by atoms with Crippen LogP contribution in [0.3, 0.4) is 0 Å². The van der Waals surface area contributed by atoms with Crippen LogP contribution in [0.2, 0.25) is 0 Å². The Labute approximate surface area is 142 Å². The molecule has 1 aromatic carbocycles. The summed E-state index contributed by atoms with van der Waals surface area (Å²) >= 11 is 1.50. The van der Waals surface area contributed by atoms with Crippen LogP contribution in [0.15, 0.2) is 58.4 Å². The summed E-state index contributed by atoms with van der Waals surface area (Å²) in [5.41, 5.74) is 0.616. The first-order valence-electron chi connectivity index (χ1n) is 7.27. The number of nitrogens with zero attached hydrogens (tertiary/aromatic N) is 1. The second-order valence-corrected chi connectivity index (χ2v) is 5.81. The van der Waals surface area contributed by atoms with Crippen LogP contribution in [0.4, 0.5) is 4.79 Å². The van der Waals surface area contributed by atoms with Gasteiger partial charge in [-0.05, 0) is 16.6 Å². The van der Waals surface area contributed by atoms with E-state index in [1.165, 1.54) is 11.3 Å². The second kappa shape index (κ2) is 7.56. The third kappa shape index (κ3) is 4.08. The number of nitrogens with one attached hydrogen (secondary N) is 1. The molecule has 3 rings (SSSR count). The summed E-state index contributed by atoms with van der Waals surface area (Å²) in [6.45, 7) is 0.183. The quantitative estimate of drug-likeness (QED) is 0.690. The molecule has 122 valence electrons. The molecular weight excluding hydrogens is 328 g/mol. The number of benzene rings is 1. The Kier molecular flexibility index (Phi) is 5.02. The number of ketones is 1. The molecule has 2 heterocycles. The molecule has 0 saturated heterocycles. The first-order valence-corrected chi connectivity index (χ1v) is 8.15. The Balaban J connectivity index is 1.45. The van der Waals surface area contributed by atoms with Gasteiger partial charge in [0.15, 0.2) is 11.5 Å². The van der Waals surface area contributed by atoms with Crippen molar-refractivity contribution in [1.82, 2.24) is 10.5 Å². The van der Waals surface area contributed by atoms with Gasteiger partial charge >= 0.3 is 6.09 Å². The Morgan fingerprint density at radius 2 is 2.00 bits per heavy atom. The van der Waals surface area contributed by atoms with Crippen molar-refractivity contribution >= 4 is 23.2 Å². The highest BCUT2D eigenvalue weighted by Gasteiger charge is 2.12. The maximum atomic E-state index is 11.9. The summed E-state index contributed by atoms with van der Waals surface area (Å²) in [5, 5.41) is 8.11. The maximum Gasteiger partial charge on any atom is 0.414 e. The van der Waals surface area contributed by atoms with Gasteiger partial charge in [0.25, 0.3) is 5.88 Å². The number of ether oxygens (including phenoxy) is 1. The number of carbonyl (C=O) groups is 2. The lowest BCUT2D eigenvalue weighted by atomic mass is 10.1. The molecule has 0 fully saturated rings. The lowest BCUT2D eigenvalue weighted by Gasteiger charge is -2.03. The maximum absolute atomic E-state index is 11.9. The molecule has 0 aliphatic carbocycles. The van der Waals surface area contributed by atoms with E-state index in [4.69, 9.17) is 9.26 Å². The number of rotatable bonds is 6. The molecular formula is C17H14N2O4S. The van der Waals surface area contributed by atoms with Crippen molar-refractivity contribution in [2.24, 2.45) is 0 Å². The average molecular weight is 342 g/mol. The molecule has 0 unspecified atom stereocenters. The van der Waals surface area contributed by atoms with Gasteiger partial charge in [-0.25, -0.2) is 4.79 Å². The summed E-state index contributed by atoms with van der Waals surface area (Å²) in [6, 6.07) is 14.2. The minimum atomic E-state index is -0.679. The van der Waals surface area contributed by atoms with Crippen LogP contribution in [0.25, 0.3) is 10.6 Å². The SMILES string of the molecule is O=C(NCCC(=O)c1ccccc1)Oc1cc(-c2cccs2)on1. The molecule has 0 saturated carbocycles. The zero-order valence-corrected chi connectivity index (χ0v) is 13.4. The van der Waals surface area contributed by atoms with E-state index in [-0.39, 0.29) is 24.6 Å². The first-order chi connectivity index (χ1) is 11.7. The second-order valence-electron chi connectivity index (χ2n) is 4.86. The molecule has 1 amide bonds. The van der Waals surface area contributed by atoms with E-state index in [0.29, 0.717) is 11.3 Å². The Morgan fingerprint density at radius 3 is 2.75 bits per heavy atom. The van der Waals surface area contributed by atoms with Crippen LogP contribution >= 0.6 is 11.3 Å². The van der Waals surface area contributed by atoms with Crippen molar-refractivity contribution in [3.63, 3.8) is 0 Å². The van der Waals surface area contributed by atoms with Gasteiger partial charge in [-0.2, -0.15) is 0 Å². The number of thiophene rings is 1. The van der Waals surface area contributed by atoms with Gasteiger partial charge in [0.1, 0.15) is 0 Å². The highest BCUT2D eigenvalue weighted by atomic mass is 32.1. The number of aromatic nitrogens is 1. The summed E-state index contributed by atoms with van der Waals surface area (Å²) in [5.74, 6) is 0.564. The standard InChI is InChI=1S/C17H14N2O4S/c20-13(12-5-2-1-3-6-12)8-9-18-17(21)22-16-11-14(23-19-16)15-7-4-10-24-15/h1-7,10-11H,8-9H2,(H,18,21). The summed E-state index contributed by atoms with van der Waals surface area (Å²) in [4.78, 5) is 24.5. The fraction of sp³-hybridized carbons (Fsp3) is 0.118. The number of Topliss-reactive ketones (excluding diaryl/α,β-unsaturated/α-hetero) is 1. The zero-order valence-electron chi connectivity index (χ0n) is 12.6. The van der Waals surface area contributed by atoms with Crippen LogP contribution < -0.4 is 10.1 Å². The fourth-order valence-electron chi connectivity index (χ4n) is 2.02. The normalized spacial score (nSPS) is 10.3. The van der Waals surface area contributed by atoms with Crippen molar-refractivity contribution in [2.45, 2.75) is 6.42 Å². The third-order valence-corrected chi connectivity index (χ3v) is 4.05. The average Bonchev–Trinajstić information content (AvgIpc) is 3.27. The van der Waals surface area contributed by atoms with E-state index in [2.05, 4.69) is 10.5 Å². The number of amides is 1. The summed E-state index contributed by atoms with van der Waals surface area (Å²) < 4.78 is 10.1. The van der Waals surface area contributed by atoms with Crippen LogP contribution in [0, 0.1) is 0 Å². The smallest absolute Gasteiger partial charge is 0.388 e. The van der Waals surface area contributed by atoms with Gasteiger partial charge < -0.3 is 14.6 Å². The lowest BCUT2D eigenvalue weighted by Crippen LogP contribution is -2.29. The van der Waals surface area contributed by atoms with Crippen LogP contribution in [0.5, 0.6) is 5.88 Å². The molecule has 0 aliphatic heterocycles. The van der Waals surface area contributed by atoms with Crippen LogP contribution in [-0.4, -0.2) is 23.6 Å². The highest BCUT2D eigenvalue weighted by Crippen LogP contribution is 2.27. The number of carbonyl (C=O) groups excluding carboxylic acids is 2. The molecule has 7 heteroatoms. The highest BCUT2D eigenvalue weighted by molar-refractivity contribution is 7.13. The van der Waals surface area contributed by atoms with E-state index in [9.17, 15) is 9.59 Å². The van der Waals surface area contributed by atoms with Crippen molar-refractivity contribution in [3.05, 3.63) is 59.5 Å².